The fourth-order valence-electron chi connectivity index (χ4n) is 1.94. The van der Waals surface area contributed by atoms with Gasteiger partial charge in [-0.1, -0.05) is 17.7 Å². The summed E-state index contributed by atoms with van der Waals surface area (Å²) in [5.41, 5.74) is 0.916. The standard InChI is InChI=1S/C13H17ClFNO/c1-13(2)5-6-17-12(8-16-13)10-4-3-9(15)7-11(10)14/h3-4,7,12,16H,5-6,8H2,1-2H3. The van der Waals surface area contributed by atoms with Crippen molar-refractivity contribution >= 4 is 11.6 Å². The van der Waals surface area contributed by atoms with Crippen LogP contribution in [0.25, 0.3) is 0 Å². The molecule has 1 aliphatic heterocycles. The number of ether oxygens (including phenoxy) is 1. The van der Waals surface area contributed by atoms with Gasteiger partial charge in [0.25, 0.3) is 0 Å². The Bertz CT molecular complexity index is 408. The van der Waals surface area contributed by atoms with Crippen LogP contribution in [0, 0.1) is 5.82 Å². The van der Waals surface area contributed by atoms with Crippen molar-refractivity contribution in [3.63, 3.8) is 0 Å². The molecular weight excluding hydrogens is 241 g/mol. The van der Waals surface area contributed by atoms with E-state index in [9.17, 15) is 4.39 Å². The molecule has 2 nitrogen and oxygen atoms in total. The van der Waals surface area contributed by atoms with Gasteiger partial charge in [-0.2, -0.15) is 0 Å². The first-order valence-electron chi connectivity index (χ1n) is 5.79. The highest BCUT2D eigenvalue weighted by molar-refractivity contribution is 6.31. The molecule has 1 atom stereocenters. The highest BCUT2D eigenvalue weighted by Gasteiger charge is 2.25. The fourth-order valence-corrected chi connectivity index (χ4v) is 2.22. The van der Waals surface area contributed by atoms with E-state index in [0.29, 0.717) is 18.2 Å². The molecule has 4 heteroatoms. The summed E-state index contributed by atoms with van der Waals surface area (Å²) < 4.78 is 18.8. The number of hydrogen-bond donors (Lipinski definition) is 1. The van der Waals surface area contributed by atoms with E-state index >= 15 is 0 Å². The van der Waals surface area contributed by atoms with Gasteiger partial charge in [0.05, 0.1) is 6.10 Å². The predicted molar refractivity (Wildman–Crippen MR) is 66.8 cm³/mol. The van der Waals surface area contributed by atoms with Crippen LogP contribution in [-0.2, 0) is 4.74 Å². The number of benzene rings is 1. The van der Waals surface area contributed by atoms with Gasteiger partial charge >= 0.3 is 0 Å². The third kappa shape index (κ3) is 3.18. The van der Waals surface area contributed by atoms with Crippen molar-refractivity contribution in [3.8, 4) is 0 Å². The molecule has 0 saturated carbocycles. The molecule has 0 spiro atoms. The van der Waals surface area contributed by atoms with Gasteiger partial charge in [-0.3, -0.25) is 0 Å². The van der Waals surface area contributed by atoms with Crippen LogP contribution in [0.4, 0.5) is 4.39 Å². The Kier molecular flexibility index (Phi) is 3.71. The van der Waals surface area contributed by atoms with Crippen molar-refractivity contribution in [3.05, 3.63) is 34.6 Å². The zero-order valence-electron chi connectivity index (χ0n) is 10.1. The van der Waals surface area contributed by atoms with Crippen molar-refractivity contribution in [1.82, 2.24) is 5.32 Å². The third-order valence-electron chi connectivity index (χ3n) is 3.12. The van der Waals surface area contributed by atoms with Gasteiger partial charge < -0.3 is 10.1 Å². The molecule has 1 unspecified atom stereocenters. The van der Waals surface area contributed by atoms with Gasteiger partial charge in [0, 0.05) is 29.3 Å². The summed E-state index contributed by atoms with van der Waals surface area (Å²) in [7, 11) is 0. The SMILES string of the molecule is CC1(C)CCOC(c2ccc(F)cc2Cl)CN1. The summed E-state index contributed by atoms with van der Waals surface area (Å²) in [6.45, 7) is 5.66. The number of hydrogen-bond acceptors (Lipinski definition) is 2. The zero-order valence-corrected chi connectivity index (χ0v) is 10.9. The second kappa shape index (κ2) is 4.92. The van der Waals surface area contributed by atoms with Crippen LogP contribution in [0.3, 0.4) is 0 Å². The Balaban J connectivity index is 2.17. The average molecular weight is 258 g/mol. The summed E-state index contributed by atoms with van der Waals surface area (Å²) in [5, 5.41) is 3.86. The molecule has 0 aromatic heterocycles. The number of nitrogens with one attached hydrogen (secondary N) is 1. The molecule has 0 radical (unpaired) electrons. The monoisotopic (exact) mass is 257 g/mol. The van der Waals surface area contributed by atoms with E-state index < -0.39 is 0 Å². The van der Waals surface area contributed by atoms with Crippen molar-refractivity contribution in [2.75, 3.05) is 13.2 Å². The summed E-state index contributed by atoms with van der Waals surface area (Å²) in [4.78, 5) is 0. The second-order valence-corrected chi connectivity index (χ2v) is 5.45. The minimum absolute atomic E-state index is 0.0707. The average Bonchev–Trinajstić information content (AvgIpc) is 2.40. The minimum Gasteiger partial charge on any atom is -0.372 e. The Labute approximate surface area is 106 Å². The molecule has 1 heterocycles. The van der Waals surface area contributed by atoms with E-state index in [-0.39, 0.29) is 17.5 Å². The molecule has 1 saturated heterocycles. The highest BCUT2D eigenvalue weighted by Crippen LogP contribution is 2.29. The lowest BCUT2D eigenvalue weighted by Crippen LogP contribution is -2.39. The maximum absolute atomic E-state index is 13.0. The molecule has 94 valence electrons. The predicted octanol–water partition coefficient (Wildman–Crippen LogP) is 3.31. The second-order valence-electron chi connectivity index (χ2n) is 5.04. The van der Waals surface area contributed by atoms with Gasteiger partial charge in [-0.25, -0.2) is 4.39 Å². The zero-order chi connectivity index (χ0) is 12.5. The van der Waals surface area contributed by atoms with Crippen molar-refractivity contribution in [2.24, 2.45) is 0 Å². The topological polar surface area (TPSA) is 21.3 Å². The van der Waals surface area contributed by atoms with Crippen molar-refractivity contribution < 1.29 is 9.13 Å². The molecule has 1 aliphatic rings. The van der Waals surface area contributed by atoms with Crippen molar-refractivity contribution in [2.45, 2.75) is 31.9 Å². The number of rotatable bonds is 1. The molecule has 1 fully saturated rings. The van der Waals surface area contributed by atoms with Crippen LogP contribution in [0.1, 0.15) is 31.9 Å². The Morgan fingerprint density at radius 1 is 1.47 bits per heavy atom. The summed E-state index contributed by atoms with van der Waals surface area (Å²) in [5.74, 6) is -0.319. The fraction of sp³-hybridized carbons (Fsp3) is 0.538. The first kappa shape index (κ1) is 12.8. The van der Waals surface area contributed by atoms with Crippen molar-refractivity contribution in [1.29, 1.82) is 0 Å². The van der Waals surface area contributed by atoms with Crippen LogP contribution < -0.4 is 5.32 Å². The maximum Gasteiger partial charge on any atom is 0.124 e. The van der Waals surface area contributed by atoms with E-state index in [0.717, 1.165) is 12.0 Å². The van der Waals surface area contributed by atoms with E-state index in [1.54, 1.807) is 6.07 Å². The van der Waals surface area contributed by atoms with Crippen LogP contribution in [0.5, 0.6) is 0 Å². The van der Waals surface area contributed by atoms with Crippen LogP contribution in [-0.4, -0.2) is 18.7 Å². The number of halogens is 2. The summed E-state index contributed by atoms with van der Waals surface area (Å²) in [6.07, 6.45) is 0.840. The summed E-state index contributed by atoms with van der Waals surface area (Å²) >= 11 is 6.04. The van der Waals surface area contributed by atoms with Crippen LogP contribution in [0.2, 0.25) is 5.02 Å². The lowest BCUT2D eigenvalue weighted by molar-refractivity contribution is 0.0656. The van der Waals surface area contributed by atoms with E-state index in [1.807, 2.05) is 0 Å². The van der Waals surface area contributed by atoms with Gasteiger partial charge in [-0.15, -0.1) is 0 Å². The van der Waals surface area contributed by atoms with Gasteiger partial charge in [-0.05, 0) is 32.4 Å². The molecule has 0 amide bonds. The van der Waals surface area contributed by atoms with Gasteiger partial charge in [0.1, 0.15) is 5.82 Å². The normalized spacial score (nSPS) is 24.4. The molecule has 0 aliphatic carbocycles. The Hall–Kier alpha value is -0.640. The highest BCUT2D eigenvalue weighted by atomic mass is 35.5. The van der Waals surface area contributed by atoms with Gasteiger partial charge in [0.2, 0.25) is 0 Å². The first-order valence-corrected chi connectivity index (χ1v) is 6.17. The third-order valence-corrected chi connectivity index (χ3v) is 3.45. The quantitative estimate of drug-likeness (QED) is 0.834. The van der Waals surface area contributed by atoms with E-state index in [4.69, 9.17) is 16.3 Å². The first-order chi connectivity index (χ1) is 7.98. The molecule has 0 bridgehead atoms. The molecule has 1 N–H and O–H groups in total. The molecular formula is C13H17ClFNO. The lowest BCUT2D eigenvalue weighted by Gasteiger charge is -2.23. The Morgan fingerprint density at radius 2 is 2.24 bits per heavy atom. The van der Waals surface area contributed by atoms with Crippen LogP contribution in [0.15, 0.2) is 18.2 Å². The van der Waals surface area contributed by atoms with E-state index in [1.165, 1.54) is 12.1 Å². The molecule has 2 rings (SSSR count). The minimum atomic E-state index is -0.319. The summed E-state index contributed by atoms with van der Waals surface area (Å²) in [6, 6.07) is 4.44. The van der Waals surface area contributed by atoms with Gasteiger partial charge in [0.15, 0.2) is 0 Å². The molecule has 17 heavy (non-hydrogen) atoms. The molecule has 1 aromatic carbocycles. The smallest absolute Gasteiger partial charge is 0.124 e. The van der Waals surface area contributed by atoms with E-state index in [2.05, 4.69) is 19.2 Å². The molecule has 1 aromatic rings. The largest absolute Gasteiger partial charge is 0.372 e. The maximum atomic E-state index is 13.0. The van der Waals surface area contributed by atoms with Crippen LogP contribution >= 0.6 is 11.6 Å². The Morgan fingerprint density at radius 3 is 2.94 bits per heavy atom. The lowest BCUT2D eigenvalue weighted by atomic mass is 10.0.